The summed E-state index contributed by atoms with van der Waals surface area (Å²) < 4.78 is 0. The second-order valence-corrected chi connectivity index (χ2v) is 4.25. The zero-order valence-corrected chi connectivity index (χ0v) is 10.4. The lowest BCUT2D eigenvalue weighted by atomic mass is 10.2. The van der Waals surface area contributed by atoms with Gasteiger partial charge in [0.1, 0.15) is 5.82 Å². The molecule has 0 bridgehead atoms. The van der Waals surface area contributed by atoms with Gasteiger partial charge in [-0.2, -0.15) is 0 Å². The van der Waals surface area contributed by atoms with Gasteiger partial charge < -0.3 is 9.80 Å². The first-order valence-electron chi connectivity index (χ1n) is 6.01. The van der Waals surface area contributed by atoms with E-state index in [1.807, 2.05) is 11.8 Å². The van der Waals surface area contributed by atoms with Gasteiger partial charge in [0.05, 0.1) is 5.56 Å². The molecule has 1 aliphatic rings. The number of carbonyl (C=O) groups excluding carboxylic acids is 1. The number of hydrogen-bond donors (Lipinski definition) is 0. The molecule has 1 aliphatic heterocycles. The number of aryl methyl sites for hydroxylation is 1. The molecule has 5 nitrogen and oxygen atoms in total. The Balaban J connectivity index is 1.99. The highest BCUT2D eigenvalue weighted by atomic mass is 16.2. The van der Waals surface area contributed by atoms with Gasteiger partial charge in [0.15, 0.2) is 0 Å². The molecule has 5 heteroatoms. The number of amides is 1. The van der Waals surface area contributed by atoms with Crippen molar-refractivity contribution in [3.63, 3.8) is 0 Å². The lowest BCUT2D eigenvalue weighted by Gasteiger charge is -2.33. The Morgan fingerprint density at radius 1 is 1.24 bits per heavy atom. The quantitative estimate of drug-likeness (QED) is 0.750. The summed E-state index contributed by atoms with van der Waals surface area (Å²) in [6, 6.07) is 0. The van der Waals surface area contributed by atoms with Crippen LogP contribution >= 0.6 is 0 Å². The second-order valence-electron chi connectivity index (χ2n) is 4.25. The van der Waals surface area contributed by atoms with E-state index in [9.17, 15) is 4.79 Å². The molecule has 0 unspecified atom stereocenters. The second kappa shape index (κ2) is 5.23. The van der Waals surface area contributed by atoms with Crippen LogP contribution in [-0.2, 0) is 0 Å². The van der Waals surface area contributed by atoms with Crippen molar-refractivity contribution < 1.29 is 4.79 Å². The van der Waals surface area contributed by atoms with Crippen LogP contribution in [0.3, 0.4) is 0 Å². The van der Waals surface area contributed by atoms with Gasteiger partial charge in [-0.25, -0.2) is 9.97 Å². The van der Waals surface area contributed by atoms with E-state index < -0.39 is 0 Å². The standard InChI is InChI=1S/C12H18N4O/c1-3-15-4-6-16(7-5-15)12(17)11-8-13-10(2)14-9-11/h8-9H,3-7H2,1-2H3. The predicted molar refractivity (Wildman–Crippen MR) is 64.8 cm³/mol. The molecule has 0 aromatic carbocycles. The number of rotatable bonds is 2. The number of likely N-dealkylation sites (N-methyl/N-ethyl adjacent to an activating group) is 1. The molecular weight excluding hydrogens is 216 g/mol. The van der Waals surface area contributed by atoms with E-state index in [1.165, 1.54) is 0 Å². The maximum Gasteiger partial charge on any atom is 0.257 e. The van der Waals surface area contributed by atoms with Crippen LogP contribution in [0.25, 0.3) is 0 Å². The number of carbonyl (C=O) groups is 1. The monoisotopic (exact) mass is 234 g/mol. The maximum atomic E-state index is 12.1. The summed E-state index contributed by atoms with van der Waals surface area (Å²) in [5.74, 6) is 0.734. The van der Waals surface area contributed by atoms with Crippen molar-refractivity contribution in [2.75, 3.05) is 32.7 Å². The number of aromatic nitrogens is 2. The van der Waals surface area contributed by atoms with E-state index >= 15 is 0 Å². The number of hydrogen-bond acceptors (Lipinski definition) is 4. The molecule has 0 aliphatic carbocycles. The molecule has 2 rings (SSSR count). The van der Waals surface area contributed by atoms with Crippen LogP contribution in [0.1, 0.15) is 23.1 Å². The van der Waals surface area contributed by atoms with E-state index in [-0.39, 0.29) is 5.91 Å². The molecule has 0 radical (unpaired) electrons. The van der Waals surface area contributed by atoms with Gasteiger partial charge in [-0.05, 0) is 13.5 Å². The summed E-state index contributed by atoms with van der Waals surface area (Å²) >= 11 is 0. The summed E-state index contributed by atoms with van der Waals surface area (Å²) in [5.41, 5.74) is 0.584. The maximum absolute atomic E-state index is 12.1. The third kappa shape index (κ3) is 2.79. The average molecular weight is 234 g/mol. The van der Waals surface area contributed by atoms with Crippen LogP contribution in [-0.4, -0.2) is 58.4 Å². The number of nitrogens with zero attached hydrogens (tertiary/aromatic N) is 4. The summed E-state index contributed by atoms with van der Waals surface area (Å²) in [5, 5.41) is 0. The van der Waals surface area contributed by atoms with Crippen molar-refractivity contribution in [2.24, 2.45) is 0 Å². The Morgan fingerprint density at radius 3 is 2.35 bits per heavy atom. The fraction of sp³-hybridized carbons (Fsp3) is 0.583. The van der Waals surface area contributed by atoms with Crippen LogP contribution in [0.5, 0.6) is 0 Å². The van der Waals surface area contributed by atoms with Crippen LogP contribution in [0.4, 0.5) is 0 Å². The Labute approximate surface area is 101 Å². The van der Waals surface area contributed by atoms with E-state index in [4.69, 9.17) is 0 Å². The summed E-state index contributed by atoms with van der Waals surface area (Å²) in [4.78, 5) is 24.5. The Kier molecular flexibility index (Phi) is 3.68. The van der Waals surface area contributed by atoms with Gasteiger partial charge in [0, 0.05) is 38.6 Å². The third-order valence-electron chi connectivity index (χ3n) is 3.13. The third-order valence-corrected chi connectivity index (χ3v) is 3.13. The highest BCUT2D eigenvalue weighted by molar-refractivity contribution is 5.93. The molecular formula is C12H18N4O. The normalized spacial score (nSPS) is 17.2. The van der Waals surface area contributed by atoms with Crippen molar-refractivity contribution in [3.05, 3.63) is 23.8 Å². The van der Waals surface area contributed by atoms with Gasteiger partial charge in [0.2, 0.25) is 0 Å². The topological polar surface area (TPSA) is 49.3 Å². The minimum absolute atomic E-state index is 0.0424. The van der Waals surface area contributed by atoms with Crippen molar-refractivity contribution in [1.29, 1.82) is 0 Å². The fourth-order valence-electron chi connectivity index (χ4n) is 1.95. The van der Waals surface area contributed by atoms with Crippen LogP contribution in [0.15, 0.2) is 12.4 Å². The minimum atomic E-state index is 0.0424. The molecule has 17 heavy (non-hydrogen) atoms. The molecule has 1 aromatic rings. The number of piperazine rings is 1. The Morgan fingerprint density at radius 2 is 1.82 bits per heavy atom. The zero-order valence-electron chi connectivity index (χ0n) is 10.4. The van der Waals surface area contributed by atoms with E-state index in [2.05, 4.69) is 21.8 Å². The van der Waals surface area contributed by atoms with Crippen molar-refractivity contribution >= 4 is 5.91 Å². The highest BCUT2D eigenvalue weighted by Gasteiger charge is 2.21. The van der Waals surface area contributed by atoms with Crippen LogP contribution in [0, 0.1) is 6.92 Å². The molecule has 1 saturated heterocycles. The Hall–Kier alpha value is -1.49. The van der Waals surface area contributed by atoms with Gasteiger partial charge in [-0.1, -0.05) is 6.92 Å². The van der Waals surface area contributed by atoms with Crippen LogP contribution in [0.2, 0.25) is 0 Å². The summed E-state index contributed by atoms with van der Waals surface area (Å²) in [6.07, 6.45) is 3.22. The smallest absolute Gasteiger partial charge is 0.257 e. The molecule has 0 saturated carbocycles. The average Bonchev–Trinajstić information content (AvgIpc) is 2.39. The van der Waals surface area contributed by atoms with Gasteiger partial charge in [-0.3, -0.25) is 4.79 Å². The first-order valence-corrected chi connectivity index (χ1v) is 6.01. The van der Waals surface area contributed by atoms with Gasteiger partial charge in [0.25, 0.3) is 5.91 Å². The molecule has 2 heterocycles. The molecule has 92 valence electrons. The van der Waals surface area contributed by atoms with E-state index in [0.717, 1.165) is 32.7 Å². The summed E-state index contributed by atoms with van der Waals surface area (Å²) in [6.45, 7) is 8.50. The minimum Gasteiger partial charge on any atom is -0.336 e. The molecule has 0 N–H and O–H groups in total. The van der Waals surface area contributed by atoms with E-state index in [1.54, 1.807) is 12.4 Å². The lowest BCUT2D eigenvalue weighted by Crippen LogP contribution is -2.48. The Bertz CT molecular complexity index is 382. The van der Waals surface area contributed by atoms with Crippen LogP contribution < -0.4 is 0 Å². The molecule has 0 atom stereocenters. The molecule has 0 spiro atoms. The largest absolute Gasteiger partial charge is 0.336 e. The van der Waals surface area contributed by atoms with Crippen molar-refractivity contribution in [3.8, 4) is 0 Å². The zero-order chi connectivity index (χ0) is 12.3. The van der Waals surface area contributed by atoms with E-state index in [0.29, 0.717) is 11.4 Å². The van der Waals surface area contributed by atoms with Crippen molar-refractivity contribution in [2.45, 2.75) is 13.8 Å². The SMILES string of the molecule is CCN1CCN(C(=O)c2cnc(C)nc2)CC1. The first kappa shape index (κ1) is 12.0. The fourth-order valence-corrected chi connectivity index (χ4v) is 1.95. The molecule has 1 aromatic heterocycles. The molecule has 1 amide bonds. The molecule has 1 fully saturated rings. The highest BCUT2D eigenvalue weighted by Crippen LogP contribution is 2.07. The lowest BCUT2D eigenvalue weighted by molar-refractivity contribution is 0.0642. The van der Waals surface area contributed by atoms with Gasteiger partial charge >= 0.3 is 0 Å². The first-order chi connectivity index (χ1) is 8.20. The predicted octanol–water partition coefficient (Wildman–Crippen LogP) is 0.563. The van der Waals surface area contributed by atoms with Gasteiger partial charge in [-0.15, -0.1) is 0 Å². The summed E-state index contributed by atoms with van der Waals surface area (Å²) in [7, 11) is 0. The van der Waals surface area contributed by atoms with Crippen molar-refractivity contribution in [1.82, 2.24) is 19.8 Å².